The summed E-state index contributed by atoms with van der Waals surface area (Å²) in [6.45, 7) is 6.85. The lowest BCUT2D eigenvalue weighted by Gasteiger charge is -2.11. The fraction of sp³-hybridized carbons (Fsp3) is 0.385. The molecule has 16 heavy (non-hydrogen) atoms. The van der Waals surface area contributed by atoms with E-state index in [4.69, 9.17) is 0 Å². The molecule has 2 aromatic heterocycles. The minimum Gasteiger partial charge on any atom is -0.292 e. The predicted molar refractivity (Wildman–Crippen MR) is 65.6 cm³/mol. The molecule has 2 aromatic rings. The fourth-order valence-corrected chi connectivity index (χ4v) is 1.80. The molecule has 3 heteroatoms. The second kappa shape index (κ2) is 4.08. The zero-order valence-corrected chi connectivity index (χ0v) is 9.90. The van der Waals surface area contributed by atoms with Crippen LogP contribution in [0.2, 0.25) is 0 Å². The maximum Gasteiger partial charge on any atom is 0.252 e. The smallest absolute Gasteiger partial charge is 0.252 e. The van der Waals surface area contributed by atoms with Crippen LogP contribution in [0.15, 0.2) is 29.1 Å². The highest BCUT2D eigenvalue weighted by atomic mass is 16.1. The molecule has 0 saturated heterocycles. The first-order valence-corrected chi connectivity index (χ1v) is 5.55. The lowest BCUT2D eigenvalue weighted by molar-refractivity contribution is 0.521. The van der Waals surface area contributed by atoms with E-state index in [9.17, 15) is 4.79 Å². The molecular formula is C13H16N2O. The zero-order valence-electron chi connectivity index (χ0n) is 9.90. The Morgan fingerprint density at radius 2 is 1.94 bits per heavy atom. The standard InChI is InChI=1S/C13H16N2O/c1-9(2)8-15-12(16)7-6-11-5-4-10(3)14-13(11)15/h4-7,9H,8H2,1-3H3. The van der Waals surface area contributed by atoms with Crippen molar-refractivity contribution in [2.24, 2.45) is 5.92 Å². The molecule has 0 bridgehead atoms. The summed E-state index contributed by atoms with van der Waals surface area (Å²) in [5.74, 6) is 0.436. The summed E-state index contributed by atoms with van der Waals surface area (Å²) in [7, 11) is 0. The first-order chi connectivity index (χ1) is 7.58. The van der Waals surface area contributed by atoms with Gasteiger partial charge in [0.2, 0.25) is 0 Å². The van der Waals surface area contributed by atoms with E-state index in [1.54, 1.807) is 10.6 Å². The number of hydrogen-bond acceptors (Lipinski definition) is 2. The van der Waals surface area contributed by atoms with E-state index in [1.165, 1.54) is 0 Å². The minimum atomic E-state index is 0.0271. The summed E-state index contributed by atoms with van der Waals surface area (Å²) in [6, 6.07) is 7.42. The highest BCUT2D eigenvalue weighted by molar-refractivity contribution is 5.74. The van der Waals surface area contributed by atoms with Gasteiger partial charge in [-0.2, -0.15) is 0 Å². The molecule has 0 N–H and O–H groups in total. The quantitative estimate of drug-likeness (QED) is 0.772. The van der Waals surface area contributed by atoms with Gasteiger partial charge in [0.25, 0.3) is 5.56 Å². The Kier molecular flexibility index (Phi) is 2.77. The van der Waals surface area contributed by atoms with Crippen LogP contribution in [0.1, 0.15) is 19.5 Å². The molecule has 0 atom stereocenters. The van der Waals surface area contributed by atoms with Crippen molar-refractivity contribution >= 4 is 11.0 Å². The monoisotopic (exact) mass is 216 g/mol. The van der Waals surface area contributed by atoms with E-state index in [2.05, 4.69) is 18.8 Å². The highest BCUT2D eigenvalue weighted by Crippen LogP contribution is 2.11. The number of hydrogen-bond donors (Lipinski definition) is 0. The number of fused-ring (bicyclic) bond motifs is 1. The lowest BCUT2D eigenvalue weighted by Crippen LogP contribution is -2.22. The van der Waals surface area contributed by atoms with E-state index in [-0.39, 0.29) is 5.56 Å². The van der Waals surface area contributed by atoms with Gasteiger partial charge in [-0.3, -0.25) is 9.36 Å². The average molecular weight is 216 g/mol. The second-order valence-electron chi connectivity index (χ2n) is 4.54. The number of nitrogens with zero attached hydrogens (tertiary/aromatic N) is 2. The number of aromatic nitrogens is 2. The van der Waals surface area contributed by atoms with E-state index in [1.807, 2.05) is 25.1 Å². The van der Waals surface area contributed by atoms with Crippen molar-refractivity contribution in [3.8, 4) is 0 Å². The fourth-order valence-electron chi connectivity index (χ4n) is 1.80. The van der Waals surface area contributed by atoms with E-state index < -0.39 is 0 Å². The van der Waals surface area contributed by atoms with E-state index in [0.29, 0.717) is 12.5 Å². The van der Waals surface area contributed by atoms with Crippen LogP contribution in [-0.2, 0) is 6.54 Å². The van der Waals surface area contributed by atoms with Gasteiger partial charge in [0.05, 0.1) is 0 Å². The number of rotatable bonds is 2. The van der Waals surface area contributed by atoms with Gasteiger partial charge in [0.15, 0.2) is 0 Å². The molecular weight excluding hydrogens is 200 g/mol. The van der Waals surface area contributed by atoms with Crippen LogP contribution in [0.25, 0.3) is 11.0 Å². The van der Waals surface area contributed by atoms with Gasteiger partial charge < -0.3 is 0 Å². The third-order valence-electron chi connectivity index (χ3n) is 2.52. The summed E-state index contributed by atoms with van der Waals surface area (Å²) < 4.78 is 1.76. The predicted octanol–water partition coefficient (Wildman–Crippen LogP) is 2.36. The minimum absolute atomic E-state index is 0.0271. The van der Waals surface area contributed by atoms with Gasteiger partial charge in [-0.15, -0.1) is 0 Å². The maximum atomic E-state index is 11.8. The molecule has 84 valence electrons. The molecule has 2 heterocycles. The van der Waals surface area contributed by atoms with Crippen LogP contribution in [0.3, 0.4) is 0 Å². The van der Waals surface area contributed by atoms with Crippen LogP contribution in [0, 0.1) is 12.8 Å². The molecule has 2 rings (SSSR count). The van der Waals surface area contributed by atoms with Gasteiger partial charge in [-0.1, -0.05) is 13.8 Å². The SMILES string of the molecule is Cc1ccc2ccc(=O)n(CC(C)C)c2n1. The molecule has 0 spiro atoms. The molecule has 0 aliphatic carbocycles. The summed E-state index contributed by atoms with van der Waals surface area (Å²) in [5.41, 5.74) is 1.76. The topological polar surface area (TPSA) is 34.9 Å². The van der Waals surface area contributed by atoms with Crippen LogP contribution < -0.4 is 5.56 Å². The normalized spacial score (nSPS) is 11.2. The van der Waals surface area contributed by atoms with E-state index in [0.717, 1.165) is 16.7 Å². The van der Waals surface area contributed by atoms with Crippen LogP contribution in [0.5, 0.6) is 0 Å². The van der Waals surface area contributed by atoms with Crippen molar-refractivity contribution in [1.29, 1.82) is 0 Å². The van der Waals surface area contributed by atoms with Gasteiger partial charge in [-0.25, -0.2) is 4.98 Å². The van der Waals surface area contributed by atoms with Crippen molar-refractivity contribution in [3.05, 3.63) is 40.3 Å². The van der Waals surface area contributed by atoms with Crippen LogP contribution in [-0.4, -0.2) is 9.55 Å². The Labute approximate surface area is 94.7 Å². The molecule has 0 saturated carbocycles. The Morgan fingerprint density at radius 1 is 1.25 bits per heavy atom. The third kappa shape index (κ3) is 1.98. The first kappa shape index (κ1) is 10.9. The number of aryl methyl sites for hydroxylation is 1. The molecule has 0 radical (unpaired) electrons. The molecule has 0 aliphatic heterocycles. The summed E-state index contributed by atoms with van der Waals surface area (Å²) in [4.78, 5) is 16.3. The summed E-state index contributed by atoms with van der Waals surface area (Å²) in [5, 5.41) is 1.02. The van der Waals surface area contributed by atoms with Gasteiger partial charge in [0.1, 0.15) is 5.65 Å². The Bertz CT molecular complexity index is 570. The summed E-state index contributed by atoms with van der Waals surface area (Å²) >= 11 is 0. The molecule has 3 nitrogen and oxygen atoms in total. The number of pyridine rings is 2. The molecule has 0 aliphatic rings. The highest BCUT2D eigenvalue weighted by Gasteiger charge is 2.06. The zero-order chi connectivity index (χ0) is 11.7. The van der Waals surface area contributed by atoms with Crippen molar-refractivity contribution in [2.45, 2.75) is 27.3 Å². The van der Waals surface area contributed by atoms with Gasteiger partial charge >= 0.3 is 0 Å². The first-order valence-electron chi connectivity index (χ1n) is 5.55. The van der Waals surface area contributed by atoms with Crippen molar-refractivity contribution in [1.82, 2.24) is 9.55 Å². The largest absolute Gasteiger partial charge is 0.292 e. The Hall–Kier alpha value is -1.64. The van der Waals surface area contributed by atoms with Crippen molar-refractivity contribution in [3.63, 3.8) is 0 Å². The van der Waals surface area contributed by atoms with E-state index >= 15 is 0 Å². The lowest BCUT2D eigenvalue weighted by atomic mass is 10.2. The third-order valence-corrected chi connectivity index (χ3v) is 2.52. The van der Waals surface area contributed by atoms with Gasteiger partial charge in [0, 0.05) is 23.7 Å². The maximum absolute atomic E-state index is 11.8. The molecule has 0 fully saturated rings. The Balaban J connectivity index is 2.72. The van der Waals surface area contributed by atoms with Crippen LogP contribution >= 0.6 is 0 Å². The van der Waals surface area contributed by atoms with Crippen LogP contribution in [0.4, 0.5) is 0 Å². The second-order valence-corrected chi connectivity index (χ2v) is 4.54. The molecule has 0 unspecified atom stereocenters. The molecule has 0 amide bonds. The van der Waals surface area contributed by atoms with Crippen molar-refractivity contribution in [2.75, 3.05) is 0 Å². The molecule has 0 aromatic carbocycles. The summed E-state index contributed by atoms with van der Waals surface area (Å²) in [6.07, 6.45) is 0. The Morgan fingerprint density at radius 3 is 2.62 bits per heavy atom. The van der Waals surface area contributed by atoms with Gasteiger partial charge in [-0.05, 0) is 31.0 Å². The average Bonchev–Trinajstić information content (AvgIpc) is 2.22. The van der Waals surface area contributed by atoms with Crippen molar-refractivity contribution < 1.29 is 0 Å².